The summed E-state index contributed by atoms with van der Waals surface area (Å²) in [5.41, 5.74) is 12.5. The van der Waals surface area contributed by atoms with Crippen molar-refractivity contribution in [1.29, 1.82) is 0 Å². The van der Waals surface area contributed by atoms with Gasteiger partial charge < -0.3 is 5.11 Å². The molecule has 0 saturated heterocycles. The minimum atomic E-state index is -0.755. The van der Waals surface area contributed by atoms with Gasteiger partial charge in [0.1, 0.15) is 0 Å². The number of carbonyl (C=O) groups is 1. The zero-order valence-corrected chi connectivity index (χ0v) is 30.4. The normalized spacial score (nSPS) is 10.0. The molecule has 9 heteroatoms. The molecule has 0 aromatic carbocycles. The fourth-order valence-electron chi connectivity index (χ4n) is 4.59. The first kappa shape index (κ1) is 37.5. The van der Waals surface area contributed by atoms with Crippen LogP contribution < -0.4 is 0 Å². The number of nitrogens with zero attached hydrogens (tertiary/aromatic N) is 6. The molecule has 6 aromatic rings. The Kier molecular flexibility index (Phi) is 14.8. The molecule has 246 valence electrons. The van der Waals surface area contributed by atoms with Crippen LogP contribution in [0.5, 0.6) is 0 Å². The quantitative estimate of drug-likeness (QED) is 0.171. The molecule has 0 aliphatic rings. The molecule has 0 amide bonds. The molecule has 8 nitrogen and oxygen atoms in total. The van der Waals surface area contributed by atoms with Crippen molar-refractivity contribution in [2.24, 2.45) is 0 Å². The maximum absolute atomic E-state index is 10.5. The topological polar surface area (TPSA) is 115 Å². The summed E-state index contributed by atoms with van der Waals surface area (Å²) in [6, 6.07) is 23.9. The maximum Gasteiger partial charge on any atom is 0.303 e. The van der Waals surface area contributed by atoms with Crippen molar-refractivity contribution in [2.45, 2.75) is 53.9 Å². The molecule has 48 heavy (non-hydrogen) atoms. The van der Waals surface area contributed by atoms with E-state index in [1.165, 1.54) is 22.3 Å². The Morgan fingerprint density at radius 3 is 1.02 bits per heavy atom. The predicted molar refractivity (Wildman–Crippen MR) is 187 cm³/mol. The Labute approximate surface area is 295 Å². The molecule has 0 fully saturated rings. The Balaban J connectivity index is 0.000000197. The van der Waals surface area contributed by atoms with Gasteiger partial charge in [0.05, 0.1) is 34.2 Å². The summed E-state index contributed by atoms with van der Waals surface area (Å²) < 4.78 is 0. The van der Waals surface area contributed by atoms with Gasteiger partial charge in [-0.25, -0.2) is 0 Å². The van der Waals surface area contributed by atoms with Gasteiger partial charge >= 0.3 is 5.97 Å². The summed E-state index contributed by atoms with van der Waals surface area (Å²) in [6.45, 7) is 10.2. The third kappa shape index (κ3) is 12.3. The minimum Gasteiger partial charge on any atom is -0.481 e. The van der Waals surface area contributed by atoms with Crippen LogP contribution in [0.25, 0.3) is 34.2 Å². The maximum atomic E-state index is 10.5. The van der Waals surface area contributed by atoms with Crippen LogP contribution >= 0.6 is 0 Å². The third-order valence-electron chi connectivity index (χ3n) is 7.04. The number of hydrogen-bond acceptors (Lipinski definition) is 7. The molecule has 0 bridgehead atoms. The Morgan fingerprint density at radius 1 is 0.479 bits per heavy atom. The van der Waals surface area contributed by atoms with Crippen molar-refractivity contribution in [3.8, 4) is 34.2 Å². The van der Waals surface area contributed by atoms with Crippen LogP contribution in [0.4, 0.5) is 0 Å². The molecule has 0 radical (unpaired) electrons. The van der Waals surface area contributed by atoms with E-state index in [0.717, 1.165) is 51.7 Å². The Bertz CT molecular complexity index is 1760. The zero-order chi connectivity index (χ0) is 33.6. The van der Waals surface area contributed by atoms with Crippen LogP contribution in [0.15, 0.2) is 110 Å². The van der Waals surface area contributed by atoms with E-state index in [9.17, 15) is 4.79 Å². The van der Waals surface area contributed by atoms with Gasteiger partial charge in [-0.15, -0.1) is 0 Å². The minimum absolute atomic E-state index is 0. The van der Waals surface area contributed by atoms with E-state index in [1.54, 1.807) is 12.4 Å². The van der Waals surface area contributed by atoms with E-state index in [-0.39, 0.29) is 26.2 Å². The molecule has 0 aliphatic heterocycles. The first-order chi connectivity index (χ1) is 22.7. The van der Waals surface area contributed by atoms with Gasteiger partial charge in [0.15, 0.2) is 0 Å². The number of aromatic nitrogens is 6. The number of aryl methyl sites for hydroxylation is 6. The number of rotatable bonds is 7. The summed E-state index contributed by atoms with van der Waals surface area (Å²) in [4.78, 5) is 36.3. The summed E-state index contributed by atoms with van der Waals surface area (Å²) in [7, 11) is 0. The predicted octanol–water partition coefficient (Wildman–Crippen LogP) is 8.38. The number of aliphatic carboxylic acids is 1. The van der Waals surface area contributed by atoms with Gasteiger partial charge in [-0.05, 0) is 154 Å². The van der Waals surface area contributed by atoms with E-state index in [0.29, 0.717) is 6.42 Å². The molecular formula is C39H40N6O2Os. The monoisotopic (exact) mass is 816 g/mol. The first-order valence-corrected chi connectivity index (χ1v) is 15.5. The van der Waals surface area contributed by atoms with Crippen LogP contribution in [0.2, 0.25) is 0 Å². The molecule has 1 N–H and O–H groups in total. The number of hydrogen-bond donors (Lipinski definition) is 1. The molecule has 0 unspecified atom stereocenters. The van der Waals surface area contributed by atoms with Crippen LogP contribution in [-0.2, 0) is 31.0 Å². The third-order valence-corrected chi connectivity index (χ3v) is 7.04. The van der Waals surface area contributed by atoms with Gasteiger partial charge in [0, 0.05) is 63.4 Å². The van der Waals surface area contributed by atoms with Crippen LogP contribution in [0, 0.1) is 34.6 Å². The zero-order valence-electron chi connectivity index (χ0n) is 27.9. The Morgan fingerprint density at radius 2 is 0.750 bits per heavy atom. The van der Waals surface area contributed by atoms with Crippen molar-refractivity contribution in [3.63, 3.8) is 0 Å². The van der Waals surface area contributed by atoms with Gasteiger partial charge in [0.25, 0.3) is 0 Å². The van der Waals surface area contributed by atoms with Crippen molar-refractivity contribution in [2.75, 3.05) is 0 Å². The number of carboxylic acids is 1. The van der Waals surface area contributed by atoms with Crippen molar-refractivity contribution >= 4 is 5.97 Å². The standard InChI is InChI=1S/C15H16N2O2.2C12H12N2.Os/c1-11-5-7-16-13(9-11)14-10-12(6-8-17-14)3-2-4-15(18)19;2*1-9-3-5-13-11(7-9)12-8-10(2)4-6-14-12;/h5-10H,2-4H2,1H3,(H,18,19);2*3-8H,1-2H3;. The summed E-state index contributed by atoms with van der Waals surface area (Å²) in [5, 5.41) is 8.63. The fraction of sp³-hybridized carbons (Fsp3) is 0.205. The van der Waals surface area contributed by atoms with Crippen molar-refractivity contribution < 1.29 is 29.7 Å². The van der Waals surface area contributed by atoms with Crippen LogP contribution in [0.3, 0.4) is 0 Å². The molecule has 6 aromatic heterocycles. The summed E-state index contributed by atoms with van der Waals surface area (Å²) in [6.07, 6.45) is 12.3. The molecule has 0 saturated carbocycles. The second-order valence-corrected chi connectivity index (χ2v) is 11.4. The summed E-state index contributed by atoms with van der Waals surface area (Å²) >= 11 is 0. The van der Waals surface area contributed by atoms with E-state index in [4.69, 9.17) is 5.11 Å². The average Bonchev–Trinajstić information content (AvgIpc) is 3.05. The fourth-order valence-corrected chi connectivity index (χ4v) is 4.59. The average molecular weight is 815 g/mol. The SMILES string of the molecule is Cc1ccnc(-c2cc(C)ccn2)c1.Cc1ccnc(-c2cc(C)ccn2)c1.Cc1ccnc(-c2cc(CCCC(=O)O)ccn2)c1.[Os]. The number of carboxylic acid groups (broad SMARTS) is 1. The van der Waals surface area contributed by atoms with E-state index in [2.05, 4.69) is 57.6 Å². The van der Waals surface area contributed by atoms with Crippen LogP contribution in [0.1, 0.15) is 46.2 Å². The van der Waals surface area contributed by atoms with E-state index < -0.39 is 5.97 Å². The van der Waals surface area contributed by atoms with Gasteiger partial charge in [-0.3, -0.25) is 34.7 Å². The summed E-state index contributed by atoms with van der Waals surface area (Å²) in [5.74, 6) is -0.755. The van der Waals surface area contributed by atoms with Gasteiger partial charge in [0.2, 0.25) is 0 Å². The van der Waals surface area contributed by atoms with E-state index >= 15 is 0 Å². The molecule has 6 rings (SSSR count). The first-order valence-electron chi connectivity index (χ1n) is 15.5. The second-order valence-electron chi connectivity index (χ2n) is 11.4. The smallest absolute Gasteiger partial charge is 0.303 e. The molecule has 0 spiro atoms. The molecule has 0 atom stereocenters. The molecule has 6 heterocycles. The number of pyridine rings is 6. The second kappa shape index (κ2) is 19.0. The van der Waals surface area contributed by atoms with Crippen LogP contribution in [-0.4, -0.2) is 41.0 Å². The molecular weight excluding hydrogens is 775 g/mol. The van der Waals surface area contributed by atoms with E-state index in [1.807, 2.05) is 105 Å². The Hall–Kier alpha value is -4.99. The van der Waals surface area contributed by atoms with Crippen molar-refractivity contribution in [3.05, 3.63) is 143 Å². The van der Waals surface area contributed by atoms with Gasteiger partial charge in [-0.1, -0.05) is 0 Å². The molecule has 0 aliphatic carbocycles. The van der Waals surface area contributed by atoms with Gasteiger partial charge in [-0.2, -0.15) is 0 Å². The van der Waals surface area contributed by atoms with Crippen molar-refractivity contribution in [1.82, 2.24) is 29.9 Å². The largest absolute Gasteiger partial charge is 0.481 e.